The van der Waals surface area contributed by atoms with Gasteiger partial charge in [0.2, 0.25) is 0 Å². The molecule has 2 aromatic rings. The van der Waals surface area contributed by atoms with Gasteiger partial charge < -0.3 is 19.5 Å². The van der Waals surface area contributed by atoms with E-state index in [1.165, 1.54) is 19.1 Å². The Bertz CT molecular complexity index is 982. The fourth-order valence-corrected chi connectivity index (χ4v) is 3.45. The van der Waals surface area contributed by atoms with E-state index in [-0.39, 0.29) is 42.8 Å². The number of ether oxygens (including phenoxy) is 2. The van der Waals surface area contributed by atoms with Crippen molar-refractivity contribution in [3.8, 4) is 11.5 Å². The molecular weight excluding hydrogens is 384 g/mol. The van der Waals surface area contributed by atoms with Gasteiger partial charge in [-0.25, -0.2) is 0 Å². The number of amides is 2. The van der Waals surface area contributed by atoms with E-state index in [1.54, 1.807) is 30.1 Å². The number of aliphatic hydroxyl groups is 1. The first kappa shape index (κ1) is 21.4. The van der Waals surface area contributed by atoms with Crippen molar-refractivity contribution in [2.45, 2.75) is 13.5 Å². The number of carbonyl (C=O) groups excluding carboxylic acids is 2. The molecule has 1 heterocycles. The van der Waals surface area contributed by atoms with Gasteiger partial charge in [0, 0.05) is 13.6 Å². The fourth-order valence-electron chi connectivity index (χ4n) is 3.45. The van der Waals surface area contributed by atoms with Gasteiger partial charge >= 0.3 is 0 Å². The summed E-state index contributed by atoms with van der Waals surface area (Å²) >= 11 is 0. The quantitative estimate of drug-likeness (QED) is 0.673. The van der Waals surface area contributed by atoms with Crippen molar-refractivity contribution in [2.75, 3.05) is 34.4 Å². The zero-order valence-electron chi connectivity index (χ0n) is 17.6. The Hall–Kier alpha value is -3.32. The Morgan fingerprint density at radius 2 is 1.63 bits per heavy atom. The van der Waals surface area contributed by atoms with Gasteiger partial charge in [-0.05, 0) is 30.2 Å². The van der Waals surface area contributed by atoms with Gasteiger partial charge in [0.15, 0.2) is 11.5 Å². The summed E-state index contributed by atoms with van der Waals surface area (Å²) in [5, 5.41) is 9.37. The molecule has 0 bridgehead atoms. The molecule has 30 heavy (non-hydrogen) atoms. The average molecular weight is 410 g/mol. The van der Waals surface area contributed by atoms with E-state index in [1.807, 2.05) is 31.2 Å². The Morgan fingerprint density at radius 1 is 0.967 bits per heavy atom. The second-order valence-corrected chi connectivity index (χ2v) is 7.12. The third-order valence-corrected chi connectivity index (χ3v) is 5.09. The molecular formula is C23H26N2O5. The topological polar surface area (TPSA) is 79.3 Å². The normalized spacial score (nSPS) is 13.8. The molecule has 1 aliphatic heterocycles. The monoisotopic (exact) mass is 410 g/mol. The van der Waals surface area contributed by atoms with Crippen LogP contribution in [0, 0.1) is 6.92 Å². The summed E-state index contributed by atoms with van der Waals surface area (Å²) in [7, 11) is 4.73. The van der Waals surface area contributed by atoms with Gasteiger partial charge in [-0.1, -0.05) is 35.9 Å². The molecule has 0 unspecified atom stereocenters. The van der Waals surface area contributed by atoms with E-state index >= 15 is 0 Å². The van der Waals surface area contributed by atoms with E-state index in [4.69, 9.17) is 9.47 Å². The molecule has 158 valence electrons. The molecule has 2 amide bonds. The summed E-state index contributed by atoms with van der Waals surface area (Å²) in [4.78, 5) is 29.4. The van der Waals surface area contributed by atoms with E-state index in [0.717, 1.165) is 11.1 Å². The van der Waals surface area contributed by atoms with Crippen LogP contribution in [-0.2, 0) is 16.1 Å². The zero-order chi connectivity index (χ0) is 21.8. The van der Waals surface area contributed by atoms with Crippen molar-refractivity contribution in [3.05, 3.63) is 64.9 Å². The highest BCUT2D eigenvalue weighted by atomic mass is 16.5. The van der Waals surface area contributed by atoms with Crippen LogP contribution in [0.15, 0.2) is 48.2 Å². The van der Waals surface area contributed by atoms with E-state index < -0.39 is 0 Å². The van der Waals surface area contributed by atoms with Gasteiger partial charge in [0.05, 0.1) is 32.9 Å². The summed E-state index contributed by atoms with van der Waals surface area (Å²) in [6, 6.07) is 12.8. The molecule has 0 spiro atoms. The van der Waals surface area contributed by atoms with Crippen molar-refractivity contribution < 1.29 is 24.2 Å². The number of carbonyl (C=O) groups is 2. The van der Waals surface area contributed by atoms with Crippen molar-refractivity contribution in [1.29, 1.82) is 0 Å². The van der Waals surface area contributed by atoms with Crippen LogP contribution in [0.25, 0.3) is 5.57 Å². The molecule has 1 aliphatic rings. The third-order valence-electron chi connectivity index (χ3n) is 5.09. The van der Waals surface area contributed by atoms with Gasteiger partial charge in [-0.15, -0.1) is 0 Å². The number of methoxy groups -OCH3 is 2. The number of aliphatic hydroxyl groups excluding tert-OH is 1. The van der Waals surface area contributed by atoms with Crippen LogP contribution in [0.1, 0.15) is 16.7 Å². The smallest absolute Gasteiger partial charge is 0.278 e. The lowest BCUT2D eigenvalue weighted by Crippen LogP contribution is -2.34. The van der Waals surface area contributed by atoms with Crippen LogP contribution in [-0.4, -0.2) is 61.1 Å². The minimum atomic E-state index is -0.388. The highest BCUT2D eigenvalue weighted by Crippen LogP contribution is 2.36. The number of nitrogens with zero attached hydrogens (tertiary/aromatic N) is 2. The van der Waals surface area contributed by atoms with Gasteiger partial charge in [-0.2, -0.15) is 0 Å². The lowest BCUT2D eigenvalue weighted by Gasteiger charge is -2.20. The molecule has 0 aromatic heterocycles. The summed E-state index contributed by atoms with van der Waals surface area (Å²) in [6.07, 6.45) is 0. The highest BCUT2D eigenvalue weighted by molar-refractivity contribution is 6.35. The number of benzene rings is 2. The highest BCUT2D eigenvalue weighted by Gasteiger charge is 2.40. The molecule has 0 saturated heterocycles. The number of hydrogen-bond donors (Lipinski definition) is 1. The maximum atomic E-state index is 13.3. The summed E-state index contributed by atoms with van der Waals surface area (Å²) < 4.78 is 10.6. The molecule has 0 atom stereocenters. The van der Waals surface area contributed by atoms with Crippen LogP contribution in [0.3, 0.4) is 0 Å². The minimum absolute atomic E-state index is 0.140. The molecule has 2 aromatic carbocycles. The lowest BCUT2D eigenvalue weighted by atomic mass is 10.0. The molecule has 1 N–H and O–H groups in total. The van der Waals surface area contributed by atoms with Crippen LogP contribution in [0.2, 0.25) is 0 Å². The van der Waals surface area contributed by atoms with Crippen molar-refractivity contribution >= 4 is 17.4 Å². The Kier molecular flexibility index (Phi) is 6.42. The number of likely N-dealkylation sites (N-methyl/N-ethyl adjacent to an activating group) is 1. The van der Waals surface area contributed by atoms with E-state index in [2.05, 4.69) is 0 Å². The van der Waals surface area contributed by atoms with Crippen molar-refractivity contribution in [1.82, 2.24) is 9.80 Å². The molecule has 0 fully saturated rings. The SMILES string of the molecule is COc1ccc(C2=C(N(C)CCO)C(=O)N(Cc3ccc(C)cc3)C2=O)cc1OC. The van der Waals surface area contributed by atoms with Crippen molar-refractivity contribution in [3.63, 3.8) is 0 Å². The fraction of sp³-hybridized carbons (Fsp3) is 0.304. The zero-order valence-corrected chi connectivity index (χ0v) is 17.6. The number of imide groups is 1. The third kappa shape index (κ3) is 4.02. The maximum Gasteiger partial charge on any atom is 0.278 e. The number of rotatable bonds is 8. The predicted molar refractivity (Wildman–Crippen MR) is 113 cm³/mol. The number of aryl methyl sites for hydroxylation is 1. The minimum Gasteiger partial charge on any atom is -0.493 e. The average Bonchev–Trinajstić information content (AvgIpc) is 2.99. The van der Waals surface area contributed by atoms with Crippen LogP contribution in [0.5, 0.6) is 11.5 Å². The first-order valence-electron chi connectivity index (χ1n) is 9.61. The molecule has 0 aliphatic carbocycles. The largest absolute Gasteiger partial charge is 0.493 e. The Balaban J connectivity index is 2.05. The van der Waals surface area contributed by atoms with Crippen LogP contribution >= 0.6 is 0 Å². The second-order valence-electron chi connectivity index (χ2n) is 7.12. The lowest BCUT2D eigenvalue weighted by molar-refractivity contribution is -0.138. The standard InChI is InChI=1S/C23H26N2O5/c1-15-5-7-16(8-6-15)14-25-22(27)20(21(23(25)28)24(2)11-12-26)17-9-10-18(29-3)19(13-17)30-4/h5-10,13,26H,11-12,14H2,1-4H3. The number of hydrogen-bond acceptors (Lipinski definition) is 6. The second kappa shape index (κ2) is 9.00. The molecule has 3 rings (SSSR count). The Labute approximate surface area is 176 Å². The first-order valence-corrected chi connectivity index (χ1v) is 9.61. The van der Waals surface area contributed by atoms with Crippen LogP contribution < -0.4 is 9.47 Å². The van der Waals surface area contributed by atoms with E-state index in [0.29, 0.717) is 17.1 Å². The summed E-state index contributed by atoms with van der Waals surface area (Å²) in [5.41, 5.74) is 3.06. The first-order chi connectivity index (χ1) is 14.4. The molecule has 0 radical (unpaired) electrons. The van der Waals surface area contributed by atoms with Gasteiger partial charge in [0.1, 0.15) is 5.70 Å². The van der Waals surface area contributed by atoms with Gasteiger partial charge in [0.25, 0.3) is 11.8 Å². The van der Waals surface area contributed by atoms with Crippen LogP contribution in [0.4, 0.5) is 0 Å². The summed E-state index contributed by atoms with van der Waals surface area (Å²) in [5.74, 6) is 0.221. The molecule has 0 saturated carbocycles. The van der Waals surface area contributed by atoms with E-state index in [9.17, 15) is 14.7 Å². The molecule has 7 heteroatoms. The summed E-state index contributed by atoms with van der Waals surface area (Å²) in [6.45, 7) is 2.24. The predicted octanol–water partition coefficient (Wildman–Crippen LogP) is 2.22. The maximum absolute atomic E-state index is 13.3. The van der Waals surface area contributed by atoms with Crippen molar-refractivity contribution in [2.24, 2.45) is 0 Å². The van der Waals surface area contributed by atoms with Gasteiger partial charge in [-0.3, -0.25) is 14.5 Å². The molecule has 7 nitrogen and oxygen atoms in total. The Morgan fingerprint density at radius 3 is 2.23 bits per heavy atom.